The van der Waals surface area contributed by atoms with Crippen molar-refractivity contribution in [1.82, 2.24) is 20.1 Å². The first kappa shape index (κ1) is 13.0. The molecule has 0 aliphatic rings. The number of rotatable bonds is 5. The van der Waals surface area contributed by atoms with E-state index >= 15 is 0 Å². The normalized spacial score (nSPS) is 10.1. The zero-order chi connectivity index (χ0) is 13.7. The summed E-state index contributed by atoms with van der Waals surface area (Å²) in [5.74, 6) is -0.998. The Labute approximate surface area is 112 Å². The Kier molecular flexibility index (Phi) is 4.08. The fourth-order valence-corrected chi connectivity index (χ4v) is 1.88. The zero-order valence-electron chi connectivity index (χ0n) is 9.74. The molecule has 3 N–H and O–H groups in total. The van der Waals surface area contributed by atoms with Crippen LogP contribution in [0.3, 0.4) is 0 Å². The molecule has 0 saturated carbocycles. The van der Waals surface area contributed by atoms with Crippen LogP contribution in [0.4, 0.5) is 10.5 Å². The van der Waals surface area contributed by atoms with E-state index in [1.54, 1.807) is 5.51 Å². The van der Waals surface area contributed by atoms with E-state index in [-0.39, 0.29) is 6.54 Å². The van der Waals surface area contributed by atoms with E-state index < -0.39 is 12.0 Å². The number of hydrogen-bond donors (Lipinski definition) is 3. The van der Waals surface area contributed by atoms with Crippen molar-refractivity contribution in [3.05, 3.63) is 29.0 Å². The molecular formula is C10H11N5O3S. The molecule has 0 aliphatic heterocycles. The number of carbonyl (C=O) groups excluding carboxylic acids is 1. The largest absolute Gasteiger partial charge is 0.480 e. The second-order valence-corrected chi connectivity index (χ2v) is 4.33. The lowest BCUT2D eigenvalue weighted by atomic mass is 10.5. The molecule has 0 spiro atoms. The van der Waals surface area contributed by atoms with Gasteiger partial charge in [-0.25, -0.2) is 9.78 Å². The van der Waals surface area contributed by atoms with Crippen molar-refractivity contribution in [2.75, 3.05) is 5.32 Å². The Morgan fingerprint density at radius 3 is 3.00 bits per heavy atom. The van der Waals surface area contributed by atoms with Crippen LogP contribution in [0, 0.1) is 0 Å². The highest BCUT2D eigenvalue weighted by Gasteiger charge is 2.06. The van der Waals surface area contributed by atoms with E-state index in [4.69, 9.17) is 5.11 Å². The average molecular weight is 281 g/mol. The topological polar surface area (TPSA) is 109 Å². The van der Waals surface area contributed by atoms with Crippen LogP contribution in [0.25, 0.3) is 0 Å². The number of carboxylic acids is 1. The number of nitrogens with zero attached hydrogens (tertiary/aromatic N) is 3. The molecule has 8 nitrogen and oxygen atoms in total. The Morgan fingerprint density at radius 2 is 2.32 bits per heavy atom. The number of aromatic nitrogens is 3. The van der Waals surface area contributed by atoms with Gasteiger partial charge in [-0.3, -0.25) is 9.48 Å². The monoisotopic (exact) mass is 281 g/mol. The minimum Gasteiger partial charge on any atom is -0.480 e. The smallest absolute Gasteiger partial charge is 0.325 e. The molecule has 100 valence electrons. The Bertz CT molecular complexity index is 565. The highest BCUT2D eigenvalue weighted by Crippen LogP contribution is 2.05. The molecular weight excluding hydrogens is 270 g/mol. The highest BCUT2D eigenvalue weighted by molar-refractivity contribution is 7.07. The maximum absolute atomic E-state index is 11.5. The molecule has 19 heavy (non-hydrogen) atoms. The second kappa shape index (κ2) is 5.96. The van der Waals surface area contributed by atoms with Gasteiger partial charge in [-0.1, -0.05) is 0 Å². The van der Waals surface area contributed by atoms with Gasteiger partial charge < -0.3 is 15.7 Å². The van der Waals surface area contributed by atoms with Crippen molar-refractivity contribution in [1.29, 1.82) is 0 Å². The summed E-state index contributed by atoms with van der Waals surface area (Å²) in [5, 5.41) is 19.4. The average Bonchev–Trinajstić information content (AvgIpc) is 2.97. The summed E-state index contributed by atoms with van der Waals surface area (Å²) < 4.78 is 1.22. The maximum atomic E-state index is 11.5. The molecule has 0 aromatic carbocycles. The quantitative estimate of drug-likeness (QED) is 0.749. The summed E-state index contributed by atoms with van der Waals surface area (Å²) in [7, 11) is 0. The van der Waals surface area contributed by atoms with Crippen molar-refractivity contribution in [2.24, 2.45) is 0 Å². The van der Waals surface area contributed by atoms with Crippen LogP contribution in [0.2, 0.25) is 0 Å². The molecule has 2 heterocycles. The molecule has 0 radical (unpaired) electrons. The van der Waals surface area contributed by atoms with Crippen LogP contribution < -0.4 is 10.6 Å². The molecule has 2 aromatic heterocycles. The van der Waals surface area contributed by atoms with E-state index in [0.29, 0.717) is 12.2 Å². The minimum atomic E-state index is -0.998. The van der Waals surface area contributed by atoms with Gasteiger partial charge in [0.25, 0.3) is 0 Å². The Hall–Kier alpha value is -2.42. The van der Waals surface area contributed by atoms with Crippen molar-refractivity contribution in [3.63, 3.8) is 0 Å². The molecule has 2 amide bonds. The van der Waals surface area contributed by atoms with Crippen LogP contribution in [0.15, 0.2) is 23.3 Å². The first-order valence-corrected chi connectivity index (χ1v) is 6.24. The highest BCUT2D eigenvalue weighted by atomic mass is 32.1. The molecule has 0 atom stereocenters. The van der Waals surface area contributed by atoms with Gasteiger partial charge in [0, 0.05) is 11.6 Å². The van der Waals surface area contributed by atoms with Gasteiger partial charge in [-0.05, 0) is 0 Å². The zero-order valence-corrected chi connectivity index (χ0v) is 10.6. The van der Waals surface area contributed by atoms with Crippen molar-refractivity contribution < 1.29 is 14.7 Å². The fraction of sp³-hybridized carbons (Fsp3) is 0.200. The fourth-order valence-electron chi connectivity index (χ4n) is 1.32. The van der Waals surface area contributed by atoms with Crippen LogP contribution in [-0.2, 0) is 17.9 Å². The molecule has 0 saturated heterocycles. The summed E-state index contributed by atoms with van der Waals surface area (Å²) >= 11 is 1.45. The number of carboxylic acid groups (broad SMARTS) is 1. The van der Waals surface area contributed by atoms with Crippen molar-refractivity contribution >= 4 is 29.0 Å². The predicted octanol–water partition coefficient (Wildman–Crippen LogP) is 0.746. The van der Waals surface area contributed by atoms with Crippen LogP contribution in [0.5, 0.6) is 0 Å². The van der Waals surface area contributed by atoms with Gasteiger partial charge in [0.1, 0.15) is 6.54 Å². The van der Waals surface area contributed by atoms with E-state index in [0.717, 1.165) is 5.69 Å². The summed E-state index contributed by atoms with van der Waals surface area (Å²) in [6.45, 7) is 0.0840. The lowest BCUT2D eigenvalue weighted by Crippen LogP contribution is -2.28. The van der Waals surface area contributed by atoms with Crippen LogP contribution in [-0.4, -0.2) is 31.9 Å². The molecule has 0 aliphatic carbocycles. The Balaban J connectivity index is 1.81. The number of nitrogens with one attached hydrogen (secondary N) is 2. The van der Waals surface area contributed by atoms with Crippen molar-refractivity contribution in [2.45, 2.75) is 13.1 Å². The van der Waals surface area contributed by atoms with Gasteiger partial charge in [0.15, 0.2) is 0 Å². The third kappa shape index (κ3) is 4.07. The summed E-state index contributed by atoms with van der Waals surface area (Å²) in [6.07, 6.45) is 2.82. The summed E-state index contributed by atoms with van der Waals surface area (Å²) in [5.41, 5.74) is 2.89. The van der Waals surface area contributed by atoms with Gasteiger partial charge in [0.05, 0.1) is 29.6 Å². The molecule has 0 bridgehead atoms. The van der Waals surface area contributed by atoms with Gasteiger partial charge in [0.2, 0.25) is 0 Å². The van der Waals surface area contributed by atoms with Gasteiger partial charge in [-0.2, -0.15) is 5.10 Å². The molecule has 2 rings (SSSR count). The lowest BCUT2D eigenvalue weighted by Gasteiger charge is -2.03. The summed E-state index contributed by atoms with van der Waals surface area (Å²) in [4.78, 5) is 26.0. The lowest BCUT2D eigenvalue weighted by molar-refractivity contribution is -0.137. The number of thiazole rings is 1. The minimum absolute atomic E-state index is 0.248. The SMILES string of the molecule is O=C(O)Cn1cc(NC(=O)NCc2cscn2)cn1. The number of anilines is 1. The van der Waals surface area contributed by atoms with Gasteiger partial charge in [-0.15, -0.1) is 11.3 Å². The number of carbonyl (C=O) groups is 2. The van der Waals surface area contributed by atoms with E-state index in [1.165, 1.54) is 28.4 Å². The first-order chi connectivity index (χ1) is 9.13. The molecule has 0 fully saturated rings. The predicted molar refractivity (Wildman–Crippen MR) is 67.8 cm³/mol. The third-order valence-electron chi connectivity index (χ3n) is 2.10. The first-order valence-electron chi connectivity index (χ1n) is 5.29. The molecule has 0 unspecified atom stereocenters. The molecule has 9 heteroatoms. The van der Waals surface area contributed by atoms with E-state index in [2.05, 4.69) is 20.7 Å². The number of hydrogen-bond acceptors (Lipinski definition) is 5. The standard InChI is InChI=1S/C10H11N5O3S/c16-9(17)4-15-3-7(2-13-15)14-10(18)11-1-8-5-19-6-12-8/h2-3,5-6H,1,4H2,(H,16,17)(H2,11,14,18). The molecule has 2 aromatic rings. The summed E-state index contributed by atoms with van der Waals surface area (Å²) in [6, 6.07) is -0.400. The van der Waals surface area contributed by atoms with Gasteiger partial charge >= 0.3 is 12.0 Å². The third-order valence-corrected chi connectivity index (χ3v) is 2.74. The van der Waals surface area contributed by atoms with Crippen LogP contribution >= 0.6 is 11.3 Å². The van der Waals surface area contributed by atoms with E-state index in [1.807, 2.05) is 5.38 Å². The Morgan fingerprint density at radius 1 is 1.47 bits per heavy atom. The van der Waals surface area contributed by atoms with E-state index in [9.17, 15) is 9.59 Å². The number of urea groups is 1. The number of aliphatic carboxylic acids is 1. The maximum Gasteiger partial charge on any atom is 0.325 e. The second-order valence-electron chi connectivity index (χ2n) is 3.61. The van der Waals surface area contributed by atoms with Crippen LogP contribution in [0.1, 0.15) is 5.69 Å². The number of amides is 2. The van der Waals surface area contributed by atoms with Crippen molar-refractivity contribution in [3.8, 4) is 0 Å².